The number of aliphatic hydroxyl groups is 2. The SMILES string of the molecule is CCCCCCCCC/C=C\CCCCCCCCCC(=O)OCCCCCCCCCCCCCCCCCCCCCCCCCCCC(=O)NC(CO)C(O)CCCCCCCCCCCCCCCCCCCCCCCCCC. The molecular formula is C78H153NO5. The molecule has 1 amide bonds. The molecule has 0 aliphatic rings. The van der Waals surface area contributed by atoms with E-state index in [-0.39, 0.29) is 18.5 Å². The predicted molar refractivity (Wildman–Crippen MR) is 370 cm³/mol. The lowest BCUT2D eigenvalue weighted by atomic mass is 10.0. The van der Waals surface area contributed by atoms with Gasteiger partial charge in [-0.25, -0.2) is 0 Å². The van der Waals surface area contributed by atoms with Crippen molar-refractivity contribution < 1.29 is 24.5 Å². The summed E-state index contributed by atoms with van der Waals surface area (Å²) >= 11 is 0. The van der Waals surface area contributed by atoms with Crippen LogP contribution in [0.2, 0.25) is 0 Å². The topological polar surface area (TPSA) is 95.9 Å². The van der Waals surface area contributed by atoms with Gasteiger partial charge in [-0.2, -0.15) is 0 Å². The maximum atomic E-state index is 12.6. The molecule has 0 aliphatic carbocycles. The van der Waals surface area contributed by atoms with Gasteiger partial charge in [0.15, 0.2) is 0 Å². The van der Waals surface area contributed by atoms with Crippen LogP contribution in [0.25, 0.3) is 0 Å². The van der Waals surface area contributed by atoms with Crippen molar-refractivity contribution in [3.63, 3.8) is 0 Å². The van der Waals surface area contributed by atoms with Gasteiger partial charge in [0.1, 0.15) is 0 Å². The highest BCUT2D eigenvalue weighted by atomic mass is 16.5. The molecule has 0 fully saturated rings. The minimum absolute atomic E-state index is 0.0151. The Morgan fingerprint density at radius 2 is 0.560 bits per heavy atom. The Kier molecular flexibility index (Phi) is 72.8. The van der Waals surface area contributed by atoms with E-state index in [0.29, 0.717) is 25.9 Å². The molecule has 0 bridgehead atoms. The van der Waals surface area contributed by atoms with E-state index in [2.05, 4.69) is 31.3 Å². The molecule has 0 saturated heterocycles. The summed E-state index contributed by atoms with van der Waals surface area (Å²) in [5.41, 5.74) is 0. The van der Waals surface area contributed by atoms with Gasteiger partial charge in [-0.3, -0.25) is 9.59 Å². The van der Waals surface area contributed by atoms with Crippen molar-refractivity contribution in [2.24, 2.45) is 0 Å². The number of allylic oxidation sites excluding steroid dienone is 2. The predicted octanol–water partition coefficient (Wildman–Crippen LogP) is 25.5. The first-order valence-corrected chi connectivity index (χ1v) is 38.9. The van der Waals surface area contributed by atoms with Crippen LogP contribution >= 0.6 is 0 Å². The lowest BCUT2D eigenvalue weighted by Crippen LogP contribution is -2.45. The lowest BCUT2D eigenvalue weighted by molar-refractivity contribution is -0.143. The van der Waals surface area contributed by atoms with Gasteiger partial charge in [0, 0.05) is 12.8 Å². The number of nitrogens with one attached hydrogen (secondary N) is 1. The number of unbranched alkanes of at least 4 members (excludes halogenated alkanes) is 61. The first-order chi connectivity index (χ1) is 41.5. The number of carbonyl (C=O) groups excluding carboxylic acids is 2. The quantitative estimate of drug-likeness (QED) is 0.0320. The van der Waals surface area contributed by atoms with Gasteiger partial charge >= 0.3 is 5.97 Å². The first kappa shape index (κ1) is 82.6. The van der Waals surface area contributed by atoms with Crippen LogP contribution in [-0.4, -0.2) is 47.4 Å². The van der Waals surface area contributed by atoms with Crippen LogP contribution in [-0.2, 0) is 14.3 Å². The molecular weight excluding hydrogens is 1030 g/mol. The van der Waals surface area contributed by atoms with E-state index in [1.165, 1.54) is 372 Å². The van der Waals surface area contributed by atoms with Crippen molar-refractivity contribution in [1.29, 1.82) is 0 Å². The Balaban J connectivity index is 3.35. The summed E-state index contributed by atoms with van der Waals surface area (Å²) in [7, 11) is 0. The van der Waals surface area contributed by atoms with E-state index >= 15 is 0 Å². The molecule has 0 saturated carbocycles. The number of aliphatic hydroxyl groups excluding tert-OH is 2. The number of hydrogen-bond donors (Lipinski definition) is 3. The van der Waals surface area contributed by atoms with Gasteiger partial charge in [-0.15, -0.1) is 0 Å². The third kappa shape index (κ3) is 69.7. The molecule has 6 heteroatoms. The van der Waals surface area contributed by atoms with Crippen LogP contribution in [0.3, 0.4) is 0 Å². The lowest BCUT2D eigenvalue weighted by Gasteiger charge is -2.22. The smallest absolute Gasteiger partial charge is 0.305 e. The van der Waals surface area contributed by atoms with E-state index in [9.17, 15) is 19.8 Å². The molecule has 0 rings (SSSR count). The molecule has 0 aliphatic heterocycles. The highest BCUT2D eigenvalue weighted by molar-refractivity contribution is 5.76. The maximum absolute atomic E-state index is 12.6. The van der Waals surface area contributed by atoms with Crippen molar-refractivity contribution in [1.82, 2.24) is 5.32 Å². The van der Waals surface area contributed by atoms with Gasteiger partial charge in [-0.05, 0) is 51.4 Å². The average molecular weight is 1190 g/mol. The Bertz CT molecular complexity index is 1270. The van der Waals surface area contributed by atoms with E-state index in [1.54, 1.807) is 0 Å². The van der Waals surface area contributed by atoms with Crippen LogP contribution < -0.4 is 5.32 Å². The second-order valence-corrected chi connectivity index (χ2v) is 27.0. The Morgan fingerprint density at radius 3 is 0.845 bits per heavy atom. The van der Waals surface area contributed by atoms with E-state index in [0.717, 1.165) is 44.9 Å². The third-order valence-electron chi connectivity index (χ3n) is 18.6. The fourth-order valence-corrected chi connectivity index (χ4v) is 12.6. The molecule has 500 valence electrons. The van der Waals surface area contributed by atoms with Crippen molar-refractivity contribution in [3.05, 3.63) is 12.2 Å². The standard InChI is InChI=1S/C78H153NO5/c1-3-5-7-9-11-13-15-17-19-21-23-24-25-29-32-35-38-42-46-50-54-58-62-66-70-76(81)75(74-80)79-77(82)71-67-63-59-55-51-47-43-39-36-33-30-27-26-28-31-34-37-41-45-49-53-57-61-65-69-73-84-78(83)72-68-64-60-56-52-48-44-40-22-20-18-16-14-12-10-8-6-4-2/h20,22,75-76,80-81H,3-19,21,23-74H2,1-2H3,(H,79,82)/b22-20-. The zero-order chi connectivity index (χ0) is 60.6. The number of ether oxygens (including phenoxy) is 1. The van der Waals surface area contributed by atoms with Crippen LogP contribution in [0.5, 0.6) is 0 Å². The van der Waals surface area contributed by atoms with E-state index in [4.69, 9.17) is 4.74 Å². The molecule has 0 aromatic rings. The largest absolute Gasteiger partial charge is 0.466 e. The van der Waals surface area contributed by atoms with Gasteiger partial charge in [0.25, 0.3) is 0 Å². The van der Waals surface area contributed by atoms with Gasteiger partial charge in [0.2, 0.25) is 5.91 Å². The molecule has 6 nitrogen and oxygen atoms in total. The van der Waals surface area contributed by atoms with E-state index < -0.39 is 12.1 Å². The Morgan fingerprint density at radius 1 is 0.321 bits per heavy atom. The summed E-state index contributed by atoms with van der Waals surface area (Å²) in [6.07, 6.45) is 92.9. The number of hydrogen-bond acceptors (Lipinski definition) is 5. The van der Waals surface area contributed by atoms with Gasteiger partial charge < -0.3 is 20.3 Å². The van der Waals surface area contributed by atoms with Crippen molar-refractivity contribution >= 4 is 11.9 Å². The summed E-state index contributed by atoms with van der Waals surface area (Å²) in [6.45, 7) is 5.01. The molecule has 0 aromatic heterocycles. The normalized spacial score (nSPS) is 12.5. The number of esters is 1. The van der Waals surface area contributed by atoms with Crippen molar-refractivity contribution in [2.75, 3.05) is 13.2 Å². The minimum Gasteiger partial charge on any atom is -0.466 e. The maximum Gasteiger partial charge on any atom is 0.305 e. The van der Waals surface area contributed by atoms with Gasteiger partial charge in [-0.1, -0.05) is 398 Å². The molecule has 3 N–H and O–H groups in total. The van der Waals surface area contributed by atoms with Crippen LogP contribution in [0.4, 0.5) is 0 Å². The second-order valence-electron chi connectivity index (χ2n) is 27.0. The molecule has 2 unspecified atom stereocenters. The fourth-order valence-electron chi connectivity index (χ4n) is 12.6. The third-order valence-corrected chi connectivity index (χ3v) is 18.6. The summed E-state index contributed by atoms with van der Waals surface area (Å²) in [5, 5.41) is 23.5. The number of rotatable bonds is 74. The molecule has 84 heavy (non-hydrogen) atoms. The Labute approximate surface area is 527 Å². The summed E-state index contributed by atoms with van der Waals surface area (Å²) in [6, 6.07) is -0.541. The van der Waals surface area contributed by atoms with Crippen LogP contribution in [0, 0.1) is 0 Å². The summed E-state index contributed by atoms with van der Waals surface area (Å²) in [4.78, 5) is 24.7. The molecule has 2 atom stereocenters. The zero-order valence-electron chi connectivity index (χ0n) is 57.4. The zero-order valence-corrected chi connectivity index (χ0v) is 57.4. The van der Waals surface area contributed by atoms with Crippen LogP contribution in [0.15, 0.2) is 12.2 Å². The molecule has 0 aromatic carbocycles. The van der Waals surface area contributed by atoms with Crippen molar-refractivity contribution in [2.45, 2.75) is 463 Å². The van der Waals surface area contributed by atoms with E-state index in [1.807, 2.05) is 0 Å². The molecule has 0 spiro atoms. The number of carbonyl (C=O) groups is 2. The Hall–Kier alpha value is -1.40. The molecule has 0 heterocycles. The summed E-state index contributed by atoms with van der Waals surface area (Å²) in [5.74, 6) is -0.0122. The highest BCUT2D eigenvalue weighted by Gasteiger charge is 2.20. The minimum atomic E-state index is -0.664. The van der Waals surface area contributed by atoms with Crippen LogP contribution in [0.1, 0.15) is 450 Å². The fraction of sp³-hybridized carbons (Fsp3) is 0.949. The highest BCUT2D eigenvalue weighted by Crippen LogP contribution is 2.20. The molecule has 0 radical (unpaired) electrons. The number of amides is 1. The summed E-state index contributed by atoms with van der Waals surface area (Å²) < 4.78 is 5.51. The second kappa shape index (κ2) is 74.1. The first-order valence-electron chi connectivity index (χ1n) is 38.9. The average Bonchev–Trinajstić information content (AvgIpc) is 3.53. The van der Waals surface area contributed by atoms with Gasteiger partial charge in [0.05, 0.1) is 25.4 Å². The monoisotopic (exact) mass is 1180 g/mol. The van der Waals surface area contributed by atoms with Crippen molar-refractivity contribution in [3.8, 4) is 0 Å².